The maximum atomic E-state index is 12.2. The highest BCUT2D eigenvalue weighted by molar-refractivity contribution is 7.99. The Balaban J connectivity index is 1.33. The van der Waals surface area contributed by atoms with E-state index in [9.17, 15) is 15.0 Å². The molecule has 0 heterocycles. The van der Waals surface area contributed by atoms with Gasteiger partial charge in [-0.3, -0.25) is 4.79 Å². The molecule has 3 aliphatic carbocycles. The van der Waals surface area contributed by atoms with Gasteiger partial charge in [0.1, 0.15) is 0 Å². The highest BCUT2D eigenvalue weighted by Crippen LogP contribution is 2.51. The molecule has 3 saturated carbocycles. The van der Waals surface area contributed by atoms with Crippen molar-refractivity contribution in [2.75, 3.05) is 11.5 Å². The summed E-state index contributed by atoms with van der Waals surface area (Å²) in [5.41, 5.74) is 0. The van der Waals surface area contributed by atoms with Gasteiger partial charge in [-0.05, 0) is 68.5 Å². The Labute approximate surface area is 194 Å². The number of aliphatic hydroxyl groups is 2. The van der Waals surface area contributed by atoms with E-state index in [4.69, 9.17) is 0 Å². The van der Waals surface area contributed by atoms with Crippen LogP contribution in [0.15, 0.2) is 12.2 Å². The minimum atomic E-state index is -0.369. The molecule has 0 aromatic heterocycles. The Kier molecular flexibility index (Phi) is 10.7. The number of hydrogen-bond donors (Lipinski definition) is 3. The van der Waals surface area contributed by atoms with Crippen molar-refractivity contribution in [3.8, 4) is 0 Å². The monoisotopic (exact) mass is 451 g/mol. The second-order valence-electron chi connectivity index (χ2n) is 10.3. The number of amides is 1. The maximum absolute atomic E-state index is 12.2. The number of thioether (sulfide) groups is 1. The molecule has 0 radical (unpaired) electrons. The second-order valence-corrected chi connectivity index (χ2v) is 11.4. The molecule has 0 saturated heterocycles. The zero-order valence-electron chi connectivity index (χ0n) is 19.5. The van der Waals surface area contributed by atoms with Crippen LogP contribution in [0.5, 0.6) is 0 Å². The van der Waals surface area contributed by atoms with Crippen LogP contribution in [0.25, 0.3) is 0 Å². The molecular formula is C26H45NO3S. The van der Waals surface area contributed by atoms with Crippen molar-refractivity contribution >= 4 is 17.7 Å². The van der Waals surface area contributed by atoms with Gasteiger partial charge in [-0.25, -0.2) is 0 Å². The molecule has 0 bridgehead atoms. The van der Waals surface area contributed by atoms with E-state index in [1.54, 1.807) is 11.8 Å². The summed E-state index contributed by atoms with van der Waals surface area (Å²) in [6, 6.07) is 0.414. The van der Waals surface area contributed by atoms with Crippen molar-refractivity contribution < 1.29 is 15.0 Å². The minimum absolute atomic E-state index is 0.213. The summed E-state index contributed by atoms with van der Waals surface area (Å²) in [6.07, 6.45) is 18.3. The zero-order chi connectivity index (χ0) is 22.1. The van der Waals surface area contributed by atoms with Gasteiger partial charge in [-0.1, -0.05) is 57.6 Å². The molecule has 0 spiro atoms. The van der Waals surface area contributed by atoms with Crippen LogP contribution in [0.1, 0.15) is 90.4 Å². The lowest BCUT2D eigenvalue weighted by molar-refractivity contribution is -0.119. The summed E-state index contributed by atoms with van der Waals surface area (Å²) < 4.78 is 0. The number of hydrogen-bond acceptors (Lipinski definition) is 4. The van der Waals surface area contributed by atoms with E-state index in [1.807, 2.05) is 6.08 Å². The van der Waals surface area contributed by atoms with E-state index in [1.165, 1.54) is 51.4 Å². The van der Waals surface area contributed by atoms with Crippen molar-refractivity contribution in [3.05, 3.63) is 12.2 Å². The van der Waals surface area contributed by atoms with Gasteiger partial charge in [0.2, 0.25) is 5.91 Å². The van der Waals surface area contributed by atoms with Crippen molar-refractivity contribution in [2.45, 2.75) is 109 Å². The van der Waals surface area contributed by atoms with Gasteiger partial charge < -0.3 is 15.5 Å². The summed E-state index contributed by atoms with van der Waals surface area (Å²) in [5, 5.41) is 24.0. The fraction of sp³-hybridized carbons (Fsp3) is 0.885. The SMILES string of the molecule is CCCCCC(O)C=C[C@H]1[C@@H]2CC(CCSCC(=O)NC3CCCCC3)C[C@H]2C[C@@H]1O. The largest absolute Gasteiger partial charge is 0.392 e. The molecule has 178 valence electrons. The van der Waals surface area contributed by atoms with Crippen LogP contribution >= 0.6 is 11.8 Å². The topological polar surface area (TPSA) is 69.6 Å². The summed E-state index contributed by atoms with van der Waals surface area (Å²) in [4.78, 5) is 12.2. The smallest absolute Gasteiger partial charge is 0.230 e. The molecule has 1 amide bonds. The van der Waals surface area contributed by atoms with Gasteiger partial charge in [0.15, 0.2) is 0 Å². The lowest BCUT2D eigenvalue weighted by Crippen LogP contribution is -2.37. The number of nitrogens with one attached hydrogen (secondary N) is 1. The highest BCUT2D eigenvalue weighted by atomic mass is 32.2. The normalized spacial score (nSPS) is 32.4. The van der Waals surface area contributed by atoms with Gasteiger partial charge in [-0.2, -0.15) is 11.8 Å². The maximum Gasteiger partial charge on any atom is 0.230 e. The van der Waals surface area contributed by atoms with Crippen LogP contribution in [0, 0.1) is 23.7 Å². The number of rotatable bonds is 12. The van der Waals surface area contributed by atoms with Crippen LogP contribution < -0.4 is 5.32 Å². The molecule has 0 aromatic carbocycles. The van der Waals surface area contributed by atoms with Crippen LogP contribution in [0.2, 0.25) is 0 Å². The van der Waals surface area contributed by atoms with Crippen LogP contribution in [-0.2, 0) is 4.79 Å². The molecule has 2 unspecified atom stereocenters. The summed E-state index contributed by atoms with van der Waals surface area (Å²) >= 11 is 1.78. The minimum Gasteiger partial charge on any atom is -0.392 e. The number of carbonyl (C=O) groups is 1. The first kappa shape index (κ1) is 25.1. The van der Waals surface area contributed by atoms with Crippen molar-refractivity contribution in [1.82, 2.24) is 5.32 Å². The highest BCUT2D eigenvalue weighted by Gasteiger charge is 2.46. The summed E-state index contributed by atoms with van der Waals surface area (Å²) in [5.74, 6) is 4.00. The molecule has 4 nitrogen and oxygen atoms in total. The Morgan fingerprint density at radius 1 is 1.16 bits per heavy atom. The van der Waals surface area contributed by atoms with Gasteiger partial charge in [0, 0.05) is 12.0 Å². The summed E-state index contributed by atoms with van der Waals surface area (Å²) in [7, 11) is 0. The number of unbranched alkanes of at least 4 members (excludes halogenated alkanes) is 2. The van der Waals surface area contributed by atoms with E-state index < -0.39 is 0 Å². The third-order valence-electron chi connectivity index (χ3n) is 7.86. The first-order valence-corrected chi connectivity index (χ1v) is 14.1. The zero-order valence-corrected chi connectivity index (χ0v) is 20.3. The second kappa shape index (κ2) is 13.3. The Bertz CT molecular complexity index is 563. The Morgan fingerprint density at radius 2 is 1.97 bits per heavy atom. The van der Waals surface area contributed by atoms with Crippen molar-refractivity contribution in [3.63, 3.8) is 0 Å². The third-order valence-corrected chi connectivity index (χ3v) is 8.85. The Hall–Kier alpha value is -0.520. The van der Waals surface area contributed by atoms with E-state index >= 15 is 0 Å². The number of carbonyl (C=O) groups excluding carboxylic acids is 1. The van der Waals surface area contributed by atoms with Gasteiger partial charge in [0.05, 0.1) is 18.0 Å². The first-order valence-electron chi connectivity index (χ1n) is 13.0. The standard InChI is InChI=1S/C26H45NO3S/c1-2-3-5-10-22(28)11-12-23-24-16-19(15-20(24)17-25(23)29)13-14-31-18-26(30)27-21-8-6-4-7-9-21/h11-12,19-25,28-29H,2-10,13-18H2,1H3,(H,27,30)/t19?,20-,22?,23-,24+,25-/m0/s1. The molecule has 3 fully saturated rings. The molecule has 0 aromatic rings. The van der Waals surface area contributed by atoms with E-state index in [0.717, 1.165) is 43.8 Å². The fourth-order valence-electron chi connectivity index (χ4n) is 6.17. The lowest BCUT2D eigenvalue weighted by Gasteiger charge is -2.22. The van der Waals surface area contributed by atoms with Crippen LogP contribution in [-0.4, -0.2) is 45.9 Å². The molecule has 6 atom stereocenters. The first-order chi connectivity index (χ1) is 15.1. The predicted octanol–water partition coefficient (Wildman–Crippen LogP) is 5.08. The molecular weight excluding hydrogens is 406 g/mol. The molecule has 0 aliphatic heterocycles. The third kappa shape index (κ3) is 8.08. The van der Waals surface area contributed by atoms with Crippen LogP contribution in [0.4, 0.5) is 0 Å². The quantitative estimate of drug-likeness (QED) is 0.286. The summed E-state index contributed by atoms with van der Waals surface area (Å²) in [6.45, 7) is 2.18. The van der Waals surface area contributed by atoms with Gasteiger partial charge in [0.25, 0.3) is 0 Å². The fourth-order valence-corrected chi connectivity index (χ4v) is 7.08. The van der Waals surface area contributed by atoms with Gasteiger partial charge in [-0.15, -0.1) is 0 Å². The average molecular weight is 452 g/mol. The van der Waals surface area contributed by atoms with Gasteiger partial charge >= 0.3 is 0 Å². The molecule has 31 heavy (non-hydrogen) atoms. The van der Waals surface area contributed by atoms with Crippen molar-refractivity contribution in [1.29, 1.82) is 0 Å². The molecule has 3 rings (SSSR count). The lowest BCUT2D eigenvalue weighted by atomic mass is 9.89. The molecule has 5 heteroatoms. The number of fused-ring (bicyclic) bond motifs is 1. The van der Waals surface area contributed by atoms with E-state index in [0.29, 0.717) is 23.6 Å². The average Bonchev–Trinajstić information content (AvgIpc) is 3.27. The van der Waals surface area contributed by atoms with Crippen molar-refractivity contribution in [2.24, 2.45) is 23.7 Å². The van der Waals surface area contributed by atoms with E-state index in [2.05, 4.69) is 18.3 Å². The van der Waals surface area contributed by atoms with Crippen LogP contribution in [0.3, 0.4) is 0 Å². The number of aliphatic hydroxyl groups excluding tert-OH is 2. The molecule has 3 N–H and O–H groups in total. The predicted molar refractivity (Wildman–Crippen MR) is 130 cm³/mol. The molecule has 3 aliphatic rings. The Morgan fingerprint density at radius 3 is 2.74 bits per heavy atom. The van der Waals surface area contributed by atoms with E-state index in [-0.39, 0.29) is 24.0 Å².